The molecule has 1 atom stereocenters. The van der Waals surface area contributed by atoms with E-state index in [1.807, 2.05) is 30.1 Å². The second kappa shape index (κ2) is 7.32. The summed E-state index contributed by atoms with van der Waals surface area (Å²) in [5.41, 5.74) is 0.767. The second-order valence-electron chi connectivity index (χ2n) is 6.02. The third-order valence-corrected chi connectivity index (χ3v) is 4.54. The Bertz CT molecular complexity index is 718. The van der Waals surface area contributed by atoms with Crippen LogP contribution in [0.2, 0.25) is 5.02 Å². The fraction of sp³-hybridized carbons (Fsp3) is 0.471. The molecule has 0 bridgehead atoms. The van der Waals surface area contributed by atoms with Crippen LogP contribution in [0, 0.1) is 0 Å². The predicted molar refractivity (Wildman–Crippen MR) is 92.0 cm³/mol. The zero-order chi connectivity index (χ0) is 17.1. The van der Waals surface area contributed by atoms with Gasteiger partial charge in [0.05, 0.1) is 23.3 Å². The van der Waals surface area contributed by atoms with Gasteiger partial charge >= 0.3 is 0 Å². The van der Waals surface area contributed by atoms with Gasteiger partial charge in [0.2, 0.25) is 11.8 Å². The molecule has 0 saturated carbocycles. The molecule has 2 heterocycles. The first-order chi connectivity index (χ1) is 11.6. The minimum absolute atomic E-state index is 0.0545. The maximum Gasteiger partial charge on any atom is 0.244 e. The average Bonchev–Trinajstić information content (AvgIpc) is 3.15. The van der Waals surface area contributed by atoms with Gasteiger partial charge in [-0.3, -0.25) is 9.69 Å². The number of hydrogen-bond donors (Lipinski definition) is 0. The van der Waals surface area contributed by atoms with Gasteiger partial charge < -0.3 is 9.42 Å². The summed E-state index contributed by atoms with van der Waals surface area (Å²) in [5, 5.41) is 4.55. The molecule has 7 heteroatoms. The smallest absolute Gasteiger partial charge is 0.244 e. The predicted octanol–water partition coefficient (Wildman–Crippen LogP) is 2.91. The van der Waals surface area contributed by atoms with E-state index in [2.05, 4.69) is 17.1 Å². The molecule has 1 aliphatic rings. The van der Waals surface area contributed by atoms with Gasteiger partial charge in [0.1, 0.15) is 0 Å². The number of anilines is 1. The number of nitrogens with zero attached hydrogens (tertiary/aromatic N) is 4. The van der Waals surface area contributed by atoms with Gasteiger partial charge in [-0.25, -0.2) is 0 Å². The van der Waals surface area contributed by atoms with E-state index in [0.29, 0.717) is 24.0 Å². The largest absolute Gasteiger partial charge is 0.338 e. The van der Waals surface area contributed by atoms with E-state index in [9.17, 15) is 4.79 Å². The molecular formula is C17H21ClN4O2. The van der Waals surface area contributed by atoms with Crippen LogP contribution in [-0.4, -0.2) is 40.6 Å². The summed E-state index contributed by atoms with van der Waals surface area (Å²) < 4.78 is 5.26. The summed E-state index contributed by atoms with van der Waals surface area (Å²) in [6.45, 7) is 3.19. The van der Waals surface area contributed by atoms with Crippen molar-refractivity contribution >= 4 is 23.2 Å². The van der Waals surface area contributed by atoms with Crippen LogP contribution < -0.4 is 4.90 Å². The fourth-order valence-electron chi connectivity index (χ4n) is 2.99. The second-order valence-corrected chi connectivity index (χ2v) is 6.42. The highest BCUT2D eigenvalue weighted by atomic mass is 35.5. The minimum Gasteiger partial charge on any atom is -0.338 e. The molecule has 1 saturated heterocycles. The Kier molecular flexibility index (Phi) is 5.16. The first-order valence-corrected chi connectivity index (χ1v) is 8.55. The van der Waals surface area contributed by atoms with Crippen LogP contribution in [0.4, 0.5) is 5.69 Å². The Morgan fingerprint density at radius 3 is 2.96 bits per heavy atom. The van der Waals surface area contributed by atoms with Crippen molar-refractivity contribution in [3.8, 4) is 0 Å². The minimum atomic E-state index is -0.206. The van der Waals surface area contributed by atoms with Crippen molar-refractivity contribution in [3.05, 3.63) is 41.0 Å². The van der Waals surface area contributed by atoms with Crippen molar-refractivity contribution in [3.63, 3.8) is 0 Å². The van der Waals surface area contributed by atoms with Crippen LogP contribution in [-0.2, 0) is 17.8 Å². The van der Waals surface area contributed by atoms with E-state index in [1.165, 1.54) is 0 Å². The monoisotopic (exact) mass is 348 g/mol. The number of hydrogen-bond acceptors (Lipinski definition) is 5. The van der Waals surface area contributed by atoms with Gasteiger partial charge in [-0.15, -0.1) is 0 Å². The fourth-order valence-corrected chi connectivity index (χ4v) is 3.22. The van der Waals surface area contributed by atoms with E-state index in [1.54, 1.807) is 11.0 Å². The number of rotatable bonds is 6. The molecule has 128 valence electrons. The Morgan fingerprint density at radius 1 is 1.42 bits per heavy atom. The van der Waals surface area contributed by atoms with Crippen molar-refractivity contribution in [2.45, 2.75) is 38.8 Å². The summed E-state index contributed by atoms with van der Waals surface area (Å²) in [4.78, 5) is 20.8. The maximum absolute atomic E-state index is 12.8. The Balaban J connectivity index is 1.67. The number of carbonyl (C=O) groups is 1. The molecule has 0 spiro atoms. The Labute approximate surface area is 146 Å². The molecule has 3 rings (SSSR count). The SMILES string of the molecule is CCCc1noc(CN(C)[C@H]2CCN(c3ccccc3Cl)C2=O)n1. The molecule has 1 aromatic carbocycles. The van der Waals surface area contributed by atoms with Crippen LogP contribution in [0.5, 0.6) is 0 Å². The van der Waals surface area contributed by atoms with Gasteiger partial charge in [-0.2, -0.15) is 4.98 Å². The average molecular weight is 349 g/mol. The standard InChI is InChI=1S/C17H21ClN4O2/c1-3-6-15-19-16(24-20-15)11-21(2)14-9-10-22(17(14)23)13-8-5-4-7-12(13)18/h4-5,7-8,14H,3,6,9-11H2,1-2H3/t14-/m0/s1. The zero-order valence-electron chi connectivity index (χ0n) is 13.9. The van der Waals surface area contributed by atoms with Gasteiger partial charge in [0.25, 0.3) is 0 Å². The highest BCUT2D eigenvalue weighted by Crippen LogP contribution is 2.30. The lowest BCUT2D eigenvalue weighted by Gasteiger charge is -2.22. The summed E-state index contributed by atoms with van der Waals surface area (Å²) in [5.74, 6) is 1.32. The lowest BCUT2D eigenvalue weighted by atomic mass is 10.2. The van der Waals surface area contributed by atoms with Gasteiger partial charge in [0, 0.05) is 13.0 Å². The molecule has 24 heavy (non-hydrogen) atoms. The molecule has 0 radical (unpaired) electrons. The summed E-state index contributed by atoms with van der Waals surface area (Å²) >= 11 is 6.22. The maximum atomic E-state index is 12.8. The lowest BCUT2D eigenvalue weighted by Crippen LogP contribution is -2.39. The molecule has 1 amide bonds. The Morgan fingerprint density at radius 2 is 2.21 bits per heavy atom. The van der Waals surface area contributed by atoms with Crippen LogP contribution >= 0.6 is 11.6 Å². The number of aryl methyl sites for hydroxylation is 1. The zero-order valence-corrected chi connectivity index (χ0v) is 14.7. The Hall–Kier alpha value is -1.92. The van der Waals surface area contributed by atoms with Crippen molar-refractivity contribution in [1.29, 1.82) is 0 Å². The van der Waals surface area contributed by atoms with Gasteiger partial charge in [0.15, 0.2) is 5.82 Å². The quantitative estimate of drug-likeness (QED) is 0.803. The van der Waals surface area contributed by atoms with E-state index in [0.717, 1.165) is 30.8 Å². The summed E-state index contributed by atoms with van der Waals surface area (Å²) in [6.07, 6.45) is 2.52. The normalized spacial score (nSPS) is 17.9. The number of aromatic nitrogens is 2. The first-order valence-electron chi connectivity index (χ1n) is 8.17. The highest BCUT2D eigenvalue weighted by molar-refractivity contribution is 6.33. The first kappa shape index (κ1) is 16.9. The molecule has 1 fully saturated rings. The van der Waals surface area contributed by atoms with Crippen LogP contribution in [0.1, 0.15) is 31.5 Å². The summed E-state index contributed by atoms with van der Waals surface area (Å²) in [6, 6.07) is 7.22. The topological polar surface area (TPSA) is 62.5 Å². The van der Waals surface area contributed by atoms with Crippen molar-refractivity contribution in [1.82, 2.24) is 15.0 Å². The molecule has 0 unspecified atom stereocenters. The third-order valence-electron chi connectivity index (χ3n) is 4.22. The van der Waals surface area contributed by atoms with Crippen LogP contribution in [0.3, 0.4) is 0 Å². The van der Waals surface area contributed by atoms with Crippen LogP contribution in [0.25, 0.3) is 0 Å². The number of benzene rings is 1. The number of amides is 1. The number of para-hydroxylation sites is 1. The molecule has 2 aromatic rings. The number of likely N-dealkylation sites (N-methyl/N-ethyl adjacent to an activating group) is 1. The van der Waals surface area contributed by atoms with Crippen LogP contribution in [0.15, 0.2) is 28.8 Å². The molecule has 1 aromatic heterocycles. The molecule has 0 aliphatic carbocycles. The van der Waals surface area contributed by atoms with E-state index in [-0.39, 0.29) is 11.9 Å². The molecule has 1 aliphatic heterocycles. The summed E-state index contributed by atoms with van der Waals surface area (Å²) in [7, 11) is 1.91. The van der Waals surface area contributed by atoms with Crippen molar-refractivity contribution < 1.29 is 9.32 Å². The highest BCUT2D eigenvalue weighted by Gasteiger charge is 2.36. The van der Waals surface area contributed by atoms with E-state index >= 15 is 0 Å². The van der Waals surface area contributed by atoms with Gasteiger partial charge in [-0.1, -0.05) is 35.8 Å². The third kappa shape index (κ3) is 3.44. The van der Waals surface area contributed by atoms with Gasteiger partial charge in [-0.05, 0) is 32.0 Å². The molecule has 6 nitrogen and oxygen atoms in total. The number of carbonyl (C=O) groups excluding carboxylic acids is 1. The van der Waals surface area contributed by atoms with E-state index < -0.39 is 0 Å². The van der Waals surface area contributed by atoms with Crippen molar-refractivity contribution in [2.24, 2.45) is 0 Å². The number of halogens is 1. The van der Waals surface area contributed by atoms with Crippen molar-refractivity contribution in [2.75, 3.05) is 18.5 Å². The molecular weight excluding hydrogens is 328 g/mol. The van der Waals surface area contributed by atoms with E-state index in [4.69, 9.17) is 16.1 Å². The lowest BCUT2D eigenvalue weighted by molar-refractivity contribution is -0.121. The molecule has 0 N–H and O–H groups in total.